The number of anilines is 1. The maximum atomic E-state index is 11.0. The van der Waals surface area contributed by atoms with E-state index in [4.69, 9.17) is 10.1 Å². The van der Waals surface area contributed by atoms with Crippen LogP contribution in [0.5, 0.6) is 0 Å². The number of carbonyl (C=O) groups is 1. The third-order valence-electron chi connectivity index (χ3n) is 5.05. The van der Waals surface area contributed by atoms with Crippen LogP contribution in [0.15, 0.2) is 54.6 Å². The summed E-state index contributed by atoms with van der Waals surface area (Å²) in [5.41, 5.74) is 3.82. The second-order valence-corrected chi connectivity index (χ2v) is 6.67. The smallest absolute Gasteiger partial charge is 0.335 e. The van der Waals surface area contributed by atoms with Crippen LogP contribution in [0.25, 0.3) is 10.9 Å². The van der Waals surface area contributed by atoms with E-state index in [1.807, 2.05) is 24.3 Å². The molecule has 0 radical (unpaired) electrons. The molecule has 2 heterocycles. The Bertz CT molecular complexity index is 934. The number of fused-ring (bicyclic) bond motifs is 1. The average Bonchev–Trinajstić information content (AvgIpc) is 3.12. The van der Waals surface area contributed by atoms with Gasteiger partial charge in [-0.05, 0) is 48.7 Å². The molecular formula is C21H20N2O2. The van der Waals surface area contributed by atoms with E-state index in [2.05, 4.69) is 30.0 Å². The summed E-state index contributed by atoms with van der Waals surface area (Å²) in [4.78, 5) is 18.2. The maximum Gasteiger partial charge on any atom is 0.335 e. The lowest BCUT2D eigenvalue weighted by molar-refractivity contribution is 0.0697. The molecule has 25 heavy (non-hydrogen) atoms. The van der Waals surface area contributed by atoms with Gasteiger partial charge < -0.3 is 10.0 Å². The molecule has 126 valence electrons. The Morgan fingerprint density at radius 1 is 1.16 bits per heavy atom. The number of hydrogen-bond acceptors (Lipinski definition) is 3. The molecule has 1 aliphatic rings. The number of pyridine rings is 1. The molecule has 0 bridgehead atoms. The molecule has 0 spiro atoms. The number of benzene rings is 2. The highest BCUT2D eigenvalue weighted by Crippen LogP contribution is 2.31. The first-order valence-corrected chi connectivity index (χ1v) is 8.56. The molecular weight excluding hydrogens is 312 g/mol. The minimum atomic E-state index is -0.879. The summed E-state index contributed by atoms with van der Waals surface area (Å²) in [7, 11) is 0. The molecule has 4 nitrogen and oxygen atoms in total. The van der Waals surface area contributed by atoms with Crippen molar-refractivity contribution in [2.24, 2.45) is 0 Å². The Morgan fingerprint density at radius 3 is 2.68 bits per heavy atom. The zero-order valence-electron chi connectivity index (χ0n) is 14.1. The number of carboxylic acids is 1. The third kappa shape index (κ3) is 2.95. The van der Waals surface area contributed by atoms with Gasteiger partial charge in [-0.1, -0.05) is 30.3 Å². The fraction of sp³-hybridized carbons (Fsp3) is 0.238. The van der Waals surface area contributed by atoms with Crippen molar-refractivity contribution in [3.05, 3.63) is 71.3 Å². The van der Waals surface area contributed by atoms with Crippen LogP contribution in [0.2, 0.25) is 0 Å². The van der Waals surface area contributed by atoms with Gasteiger partial charge in [0.25, 0.3) is 0 Å². The Morgan fingerprint density at radius 2 is 1.92 bits per heavy atom. The lowest BCUT2D eigenvalue weighted by Crippen LogP contribution is -2.20. The molecule has 1 aliphatic heterocycles. The Hall–Kier alpha value is -2.88. The van der Waals surface area contributed by atoms with Crippen LogP contribution in [0.1, 0.15) is 33.8 Å². The lowest BCUT2D eigenvalue weighted by atomic mass is 9.97. The van der Waals surface area contributed by atoms with E-state index < -0.39 is 5.97 Å². The first-order chi connectivity index (χ1) is 12.1. The molecule has 1 aromatic heterocycles. The zero-order valence-corrected chi connectivity index (χ0v) is 14.1. The number of aromatic nitrogens is 1. The summed E-state index contributed by atoms with van der Waals surface area (Å²) in [5, 5.41) is 10.2. The van der Waals surface area contributed by atoms with Gasteiger partial charge >= 0.3 is 5.97 Å². The van der Waals surface area contributed by atoms with Crippen molar-refractivity contribution < 1.29 is 9.90 Å². The summed E-state index contributed by atoms with van der Waals surface area (Å²) in [6.07, 6.45) is 1.06. The number of carboxylic acid groups (broad SMARTS) is 1. The van der Waals surface area contributed by atoms with Crippen molar-refractivity contribution in [3.8, 4) is 0 Å². The minimum absolute atomic E-state index is 0.338. The zero-order chi connectivity index (χ0) is 17.4. The summed E-state index contributed by atoms with van der Waals surface area (Å²) >= 11 is 0. The standard InChI is InChI=1S/C21H20N2O2/c1-14-12-20(22-19-5-3-2-4-18(14)19)23-11-10-17(13-23)15-6-8-16(9-7-15)21(24)25/h2-9,12,17H,10-11,13H2,1H3,(H,24,25)/t17-/m1/s1. The van der Waals surface area contributed by atoms with Gasteiger partial charge in [-0.25, -0.2) is 9.78 Å². The number of hydrogen-bond donors (Lipinski definition) is 1. The highest BCUT2D eigenvalue weighted by atomic mass is 16.4. The van der Waals surface area contributed by atoms with E-state index in [-0.39, 0.29) is 0 Å². The normalized spacial score (nSPS) is 17.2. The van der Waals surface area contributed by atoms with Crippen LogP contribution in [0.3, 0.4) is 0 Å². The van der Waals surface area contributed by atoms with Gasteiger partial charge in [0, 0.05) is 24.4 Å². The quantitative estimate of drug-likeness (QED) is 0.779. The van der Waals surface area contributed by atoms with Gasteiger partial charge in [0.05, 0.1) is 11.1 Å². The number of nitrogens with zero attached hydrogens (tertiary/aromatic N) is 2. The molecule has 0 unspecified atom stereocenters. The van der Waals surface area contributed by atoms with Crippen molar-refractivity contribution in [3.63, 3.8) is 0 Å². The van der Waals surface area contributed by atoms with Gasteiger partial charge in [0.1, 0.15) is 5.82 Å². The second kappa shape index (κ2) is 6.20. The van der Waals surface area contributed by atoms with Gasteiger partial charge in [-0.3, -0.25) is 0 Å². The number of rotatable bonds is 3. The molecule has 1 fully saturated rings. The van der Waals surface area contributed by atoms with Crippen molar-refractivity contribution in [1.29, 1.82) is 0 Å². The molecule has 4 heteroatoms. The maximum absolute atomic E-state index is 11.0. The average molecular weight is 332 g/mol. The van der Waals surface area contributed by atoms with Crippen molar-refractivity contribution in [2.75, 3.05) is 18.0 Å². The van der Waals surface area contributed by atoms with Crippen molar-refractivity contribution >= 4 is 22.7 Å². The Balaban J connectivity index is 1.57. The van der Waals surface area contributed by atoms with Crippen LogP contribution in [-0.2, 0) is 0 Å². The molecule has 4 rings (SSSR count). The van der Waals surface area contributed by atoms with Crippen LogP contribution in [-0.4, -0.2) is 29.1 Å². The predicted molar refractivity (Wildman–Crippen MR) is 99.5 cm³/mol. The molecule has 0 saturated carbocycles. The Labute approximate surface area is 146 Å². The minimum Gasteiger partial charge on any atom is -0.478 e. The van der Waals surface area contributed by atoms with E-state index in [9.17, 15) is 4.79 Å². The van der Waals surface area contributed by atoms with Crippen molar-refractivity contribution in [2.45, 2.75) is 19.3 Å². The molecule has 1 N–H and O–H groups in total. The molecule has 1 atom stereocenters. The van der Waals surface area contributed by atoms with Crippen LogP contribution in [0.4, 0.5) is 5.82 Å². The number of aryl methyl sites for hydroxylation is 1. The van der Waals surface area contributed by atoms with Gasteiger partial charge in [-0.2, -0.15) is 0 Å². The molecule has 0 amide bonds. The predicted octanol–water partition coefficient (Wildman–Crippen LogP) is 4.24. The SMILES string of the molecule is Cc1cc(N2CC[C@@H](c3ccc(C(=O)O)cc3)C2)nc2ccccc12. The van der Waals surface area contributed by atoms with E-state index in [1.54, 1.807) is 12.1 Å². The molecule has 1 saturated heterocycles. The van der Waals surface area contributed by atoms with Gasteiger partial charge in [0.2, 0.25) is 0 Å². The lowest BCUT2D eigenvalue weighted by Gasteiger charge is -2.19. The Kier molecular flexibility index (Phi) is 3.88. The molecule has 0 aliphatic carbocycles. The summed E-state index contributed by atoms with van der Waals surface area (Å²) in [6.45, 7) is 4.01. The summed E-state index contributed by atoms with van der Waals surface area (Å²) in [5.74, 6) is 0.563. The van der Waals surface area contributed by atoms with E-state index >= 15 is 0 Å². The molecule has 2 aromatic carbocycles. The second-order valence-electron chi connectivity index (χ2n) is 6.67. The fourth-order valence-electron chi connectivity index (χ4n) is 3.63. The largest absolute Gasteiger partial charge is 0.478 e. The summed E-state index contributed by atoms with van der Waals surface area (Å²) < 4.78 is 0. The van der Waals surface area contributed by atoms with Crippen LogP contribution < -0.4 is 4.90 Å². The summed E-state index contributed by atoms with van der Waals surface area (Å²) in [6, 6.07) is 17.7. The van der Waals surface area contributed by atoms with E-state index in [1.165, 1.54) is 16.5 Å². The first-order valence-electron chi connectivity index (χ1n) is 8.56. The number of aromatic carboxylic acids is 1. The van der Waals surface area contributed by atoms with Gasteiger partial charge in [0.15, 0.2) is 0 Å². The first kappa shape index (κ1) is 15.6. The number of para-hydroxylation sites is 1. The monoisotopic (exact) mass is 332 g/mol. The topological polar surface area (TPSA) is 53.4 Å². The van der Waals surface area contributed by atoms with Crippen LogP contribution >= 0.6 is 0 Å². The van der Waals surface area contributed by atoms with Crippen LogP contribution in [0, 0.1) is 6.92 Å². The highest BCUT2D eigenvalue weighted by molar-refractivity contribution is 5.87. The highest BCUT2D eigenvalue weighted by Gasteiger charge is 2.25. The fourth-order valence-corrected chi connectivity index (χ4v) is 3.63. The molecule has 3 aromatic rings. The third-order valence-corrected chi connectivity index (χ3v) is 5.05. The van der Waals surface area contributed by atoms with E-state index in [0.717, 1.165) is 30.8 Å². The van der Waals surface area contributed by atoms with Crippen molar-refractivity contribution in [1.82, 2.24) is 4.98 Å². The van der Waals surface area contributed by atoms with Gasteiger partial charge in [-0.15, -0.1) is 0 Å². The van der Waals surface area contributed by atoms with E-state index in [0.29, 0.717) is 11.5 Å².